The summed E-state index contributed by atoms with van der Waals surface area (Å²) in [4.78, 5) is 2.44. The van der Waals surface area contributed by atoms with Crippen LogP contribution in [0.1, 0.15) is 22.7 Å². The highest BCUT2D eigenvalue weighted by molar-refractivity contribution is 6.13. The number of hydrogen-bond donors (Lipinski definition) is 1. The smallest absolute Gasteiger partial charge is 0.0774 e. The first-order chi connectivity index (χ1) is 24.8. The Morgan fingerprint density at radius 3 is 1.90 bits per heavy atom. The van der Waals surface area contributed by atoms with Gasteiger partial charge in [0, 0.05) is 33.5 Å². The molecule has 3 heteroatoms. The third-order valence-electron chi connectivity index (χ3n) is 10.2. The highest BCUT2D eigenvalue weighted by Gasteiger charge is 2.31. The summed E-state index contributed by atoms with van der Waals surface area (Å²) in [6.07, 6.45) is 4.23. The number of nitrogens with zero attached hydrogens (tertiary/aromatic N) is 2. The molecule has 0 aliphatic carbocycles. The van der Waals surface area contributed by atoms with Crippen LogP contribution in [-0.4, -0.2) is 4.57 Å². The minimum atomic E-state index is 0.0836. The van der Waals surface area contributed by atoms with Gasteiger partial charge in [-0.15, -0.1) is 0 Å². The van der Waals surface area contributed by atoms with Crippen molar-refractivity contribution in [3.8, 4) is 39.2 Å². The van der Waals surface area contributed by atoms with Gasteiger partial charge in [0.2, 0.25) is 0 Å². The van der Waals surface area contributed by atoms with Crippen LogP contribution in [0.4, 0.5) is 17.1 Å². The zero-order valence-corrected chi connectivity index (χ0v) is 27.4. The molecule has 1 N–H and O–H groups in total. The average Bonchev–Trinajstić information content (AvgIpc) is 3.47. The molecule has 2 aliphatic heterocycles. The van der Waals surface area contributed by atoms with Crippen LogP contribution in [0.5, 0.6) is 0 Å². The molecule has 3 heterocycles. The van der Waals surface area contributed by atoms with Crippen LogP contribution in [0, 0.1) is 0 Å². The first-order valence-corrected chi connectivity index (χ1v) is 17.2. The number of nitrogens with one attached hydrogen (secondary N) is 1. The lowest BCUT2D eigenvalue weighted by atomic mass is 9.87. The van der Waals surface area contributed by atoms with E-state index in [0.29, 0.717) is 0 Å². The molecule has 50 heavy (non-hydrogen) atoms. The summed E-state index contributed by atoms with van der Waals surface area (Å²) >= 11 is 0. The Morgan fingerprint density at radius 1 is 0.460 bits per heavy atom. The van der Waals surface area contributed by atoms with Crippen molar-refractivity contribution in [1.82, 2.24) is 9.88 Å². The second kappa shape index (κ2) is 11.5. The van der Waals surface area contributed by atoms with Crippen molar-refractivity contribution >= 4 is 34.0 Å². The van der Waals surface area contributed by atoms with Gasteiger partial charge < -0.3 is 14.8 Å². The van der Waals surface area contributed by atoms with Gasteiger partial charge >= 0.3 is 0 Å². The lowest BCUT2D eigenvalue weighted by Gasteiger charge is -2.28. The third kappa shape index (κ3) is 4.37. The Hall–Kier alpha value is -6.58. The summed E-state index contributed by atoms with van der Waals surface area (Å²) in [5.41, 5.74) is 16.9. The summed E-state index contributed by atoms with van der Waals surface area (Å²) < 4.78 is 2.44. The zero-order valence-electron chi connectivity index (χ0n) is 27.4. The summed E-state index contributed by atoms with van der Waals surface area (Å²) in [6.45, 7) is 0. The molecule has 0 bridgehead atoms. The maximum absolute atomic E-state index is 3.64. The Bertz CT molecular complexity index is 2580. The normalized spacial score (nSPS) is 14.2. The molecule has 0 saturated heterocycles. The van der Waals surface area contributed by atoms with Crippen molar-refractivity contribution in [3.63, 3.8) is 0 Å². The van der Waals surface area contributed by atoms with E-state index in [0.717, 1.165) is 22.7 Å². The molecule has 7 aromatic carbocycles. The minimum Gasteiger partial charge on any atom is -0.380 e. The summed E-state index contributed by atoms with van der Waals surface area (Å²) in [6, 6.07) is 63.9. The molecule has 10 rings (SSSR count). The maximum atomic E-state index is 3.64. The number of benzene rings is 7. The van der Waals surface area contributed by atoms with Crippen LogP contribution < -0.4 is 10.2 Å². The number of hydrogen-bond acceptors (Lipinski definition) is 2. The van der Waals surface area contributed by atoms with Gasteiger partial charge in [-0.05, 0) is 82.6 Å². The van der Waals surface area contributed by atoms with E-state index in [4.69, 9.17) is 0 Å². The van der Waals surface area contributed by atoms with Crippen molar-refractivity contribution in [2.45, 2.75) is 6.04 Å². The second-order valence-corrected chi connectivity index (χ2v) is 13.0. The number of aromatic nitrogens is 1. The van der Waals surface area contributed by atoms with E-state index in [-0.39, 0.29) is 6.04 Å². The fourth-order valence-corrected chi connectivity index (χ4v) is 8.08. The van der Waals surface area contributed by atoms with Gasteiger partial charge in [-0.1, -0.05) is 133 Å². The van der Waals surface area contributed by atoms with Crippen LogP contribution in [0.3, 0.4) is 0 Å². The van der Waals surface area contributed by atoms with E-state index in [1.54, 1.807) is 0 Å². The van der Waals surface area contributed by atoms with Crippen LogP contribution >= 0.6 is 0 Å². The molecule has 3 nitrogen and oxygen atoms in total. The van der Waals surface area contributed by atoms with Gasteiger partial charge in [0.15, 0.2) is 0 Å². The topological polar surface area (TPSA) is 20.2 Å². The quantitative estimate of drug-likeness (QED) is 0.207. The Morgan fingerprint density at radius 2 is 1.08 bits per heavy atom. The van der Waals surface area contributed by atoms with E-state index >= 15 is 0 Å². The van der Waals surface area contributed by atoms with Crippen molar-refractivity contribution in [2.24, 2.45) is 0 Å². The molecule has 2 aliphatic rings. The molecule has 1 unspecified atom stereocenters. The molecule has 0 saturated carbocycles. The van der Waals surface area contributed by atoms with Crippen LogP contribution in [-0.2, 0) is 0 Å². The number of para-hydroxylation sites is 4. The maximum Gasteiger partial charge on any atom is 0.0774 e. The van der Waals surface area contributed by atoms with E-state index in [1.165, 1.54) is 61.1 Å². The van der Waals surface area contributed by atoms with Crippen LogP contribution in [0.2, 0.25) is 0 Å². The summed E-state index contributed by atoms with van der Waals surface area (Å²) in [7, 11) is 0. The van der Waals surface area contributed by atoms with E-state index in [1.807, 2.05) is 0 Å². The van der Waals surface area contributed by atoms with Gasteiger partial charge in [-0.25, -0.2) is 0 Å². The molecule has 0 radical (unpaired) electrons. The molecule has 236 valence electrons. The van der Waals surface area contributed by atoms with Gasteiger partial charge in [-0.2, -0.15) is 0 Å². The first-order valence-electron chi connectivity index (χ1n) is 17.2. The average molecular weight is 640 g/mol. The van der Waals surface area contributed by atoms with E-state index in [2.05, 4.69) is 203 Å². The molecular formula is C47H33N3. The van der Waals surface area contributed by atoms with Crippen molar-refractivity contribution in [1.29, 1.82) is 0 Å². The molecule has 1 atom stereocenters. The minimum absolute atomic E-state index is 0.0836. The van der Waals surface area contributed by atoms with Gasteiger partial charge in [-0.3, -0.25) is 0 Å². The lowest BCUT2D eigenvalue weighted by Crippen LogP contribution is -2.21. The third-order valence-corrected chi connectivity index (χ3v) is 10.2. The Labute approximate surface area is 292 Å². The van der Waals surface area contributed by atoms with Crippen molar-refractivity contribution in [3.05, 3.63) is 199 Å². The lowest BCUT2D eigenvalue weighted by molar-refractivity contribution is 0.722. The molecule has 0 fully saturated rings. The van der Waals surface area contributed by atoms with E-state index < -0.39 is 0 Å². The predicted molar refractivity (Wildman–Crippen MR) is 208 cm³/mol. The monoisotopic (exact) mass is 639 g/mol. The summed E-state index contributed by atoms with van der Waals surface area (Å²) in [5, 5.41) is 4.88. The predicted octanol–water partition coefficient (Wildman–Crippen LogP) is 12.1. The molecule has 8 aromatic rings. The fraction of sp³-hybridized carbons (Fsp3) is 0.0213. The van der Waals surface area contributed by atoms with Gasteiger partial charge in [0.05, 0.1) is 28.6 Å². The zero-order chi connectivity index (χ0) is 33.0. The summed E-state index contributed by atoms with van der Waals surface area (Å²) in [5.74, 6) is 0. The molecular weight excluding hydrogens is 607 g/mol. The molecule has 0 amide bonds. The second-order valence-electron chi connectivity index (χ2n) is 13.0. The van der Waals surface area contributed by atoms with Crippen molar-refractivity contribution < 1.29 is 0 Å². The number of fused-ring (bicyclic) bond motifs is 8. The molecule has 1 aromatic heterocycles. The highest BCUT2D eigenvalue weighted by Crippen LogP contribution is 2.54. The molecule has 0 spiro atoms. The van der Waals surface area contributed by atoms with E-state index in [9.17, 15) is 0 Å². The van der Waals surface area contributed by atoms with Crippen LogP contribution in [0.25, 0.3) is 56.2 Å². The largest absolute Gasteiger partial charge is 0.380 e. The number of anilines is 3. The first kappa shape index (κ1) is 28.4. The number of rotatable bonds is 4. The van der Waals surface area contributed by atoms with Crippen LogP contribution in [0.15, 0.2) is 182 Å². The Balaban J connectivity index is 1.15. The standard InChI is InChI=1S/C47H33N3/c1-2-15-34(16-3-1)50-43-24-12-9-21-40(43)45-39-20-8-11-23-42(39)49(44-25-13-10-22-41(44)47(45)50)35-28-26-33(27-29-35)36-17-6-7-19-38(36)46-37-18-5-4-14-32(37)30-31-48-46/h1-31,46,48H. The highest BCUT2D eigenvalue weighted by atomic mass is 15.2. The van der Waals surface area contributed by atoms with Gasteiger partial charge in [0.1, 0.15) is 0 Å². The van der Waals surface area contributed by atoms with Crippen molar-refractivity contribution in [2.75, 3.05) is 4.90 Å². The van der Waals surface area contributed by atoms with Gasteiger partial charge in [0.25, 0.3) is 0 Å². The SMILES string of the molecule is C1=Cc2ccccc2C(c2ccccc2-c2ccc(N3c4ccccc4-c4c(n(-c5ccccc5)c5ccccc45)-c4ccccc43)cc2)N1. The fourth-order valence-electron chi connectivity index (χ4n) is 8.08. The Kier molecular flexibility index (Phi) is 6.56.